The molecule has 4 nitrogen and oxygen atoms in total. The van der Waals surface area contributed by atoms with Crippen LogP contribution in [0.25, 0.3) is 0 Å². The zero-order valence-electron chi connectivity index (χ0n) is 11.6. The maximum Gasteiger partial charge on any atom is 0.124 e. The lowest BCUT2D eigenvalue weighted by Gasteiger charge is -2.27. The number of benzene rings is 1. The van der Waals surface area contributed by atoms with Crippen LogP contribution in [0.1, 0.15) is 17.2 Å². The zero-order valence-corrected chi connectivity index (χ0v) is 13.1. The Hall–Kier alpha value is -1.24. The van der Waals surface area contributed by atoms with Crippen molar-refractivity contribution in [1.82, 2.24) is 14.7 Å². The van der Waals surface area contributed by atoms with Gasteiger partial charge in [0.05, 0.1) is 6.20 Å². The minimum absolute atomic E-state index is 0.0187. The van der Waals surface area contributed by atoms with Crippen molar-refractivity contribution in [1.29, 1.82) is 0 Å². The van der Waals surface area contributed by atoms with Crippen molar-refractivity contribution in [3.8, 4) is 0 Å². The van der Waals surface area contributed by atoms with Crippen LogP contribution in [0.15, 0.2) is 35.1 Å². The van der Waals surface area contributed by atoms with E-state index in [4.69, 9.17) is 5.73 Å². The van der Waals surface area contributed by atoms with Gasteiger partial charge in [0, 0.05) is 42.4 Å². The van der Waals surface area contributed by atoms with Crippen LogP contribution in [0.3, 0.4) is 0 Å². The maximum atomic E-state index is 13.2. The molecule has 2 N–H and O–H groups in total. The quantitative estimate of drug-likeness (QED) is 0.909. The minimum atomic E-state index is -0.258. The Bertz CT molecular complexity index is 584. The molecule has 0 bridgehead atoms. The van der Waals surface area contributed by atoms with Crippen molar-refractivity contribution in [2.75, 3.05) is 13.6 Å². The molecule has 0 spiro atoms. The molecule has 0 fully saturated rings. The molecule has 0 saturated heterocycles. The van der Waals surface area contributed by atoms with Crippen molar-refractivity contribution >= 4 is 15.9 Å². The molecule has 1 aromatic carbocycles. The summed E-state index contributed by atoms with van der Waals surface area (Å²) >= 11 is 3.41. The summed E-state index contributed by atoms with van der Waals surface area (Å²) in [6, 6.07) is 4.72. The molecule has 0 aliphatic carbocycles. The maximum absolute atomic E-state index is 13.2. The van der Waals surface area contributed by atoms with Gasteiger partial charge in [-0.25, -0.2) is 4.39 Å². The molecule has 6 heteroatoms. The first kappa shape index (κ1) is 15.2. The van der Waals surface area contributed by atoms with Crippen molar-refractivity contribution < 1.29 is 4.39 Å². The molecule has 20 heavy (non-hydrogen) atoms. The van der Waals surface area contributed by atoms with Crippen molar-refractivity contribution in [2.24, 2.45) is 12.8 Å². The Morgan fingerprint density at radius 2 is 2.25 bits per heavy atom. The van der Waals surface area contributed by atoms with E-state index in [9.17, 15) is 4.39 Å². The van der Waals surface area contributed by atoms with Crippen LogP contribution in [0.5, 0.6) is 0 Å². The number of hydrogen-bond donors (Lipinski definition) is 1. The number of hydrogen-bond acceptors (Lipinski definition) is 3. The lowest BCUT2D eigenvalue weighted by atomic mass is 10.1. The smallest absolute Gasteiger partial charge is 0.124 e. The van der Waals surface area contributed by atoms with E-state index >= 15 is 0 Å². The van der Waals surface area contributed by atoms with Gasteiger partial charge in [-0.3, -0.25) is 9.58 Å². The van der Waals surface area contributed by atoms with E-state index in [0.29, 0.717) is 6.54 Å². The van der Waals surface area contributed by atoms with Gasteiger partial charge in [0.25, 0.3) is 0 Å². The molecule has 0 aliphatic heterocycles. The number of likely N-dealkylation sites (N-methyl/N-ethyl adjacent to an activating group) is 1. The largest absolute Gasteiger partial charge is 0.329 e. The Morgan fingerprint density at radius 3 is 2.80 bits per heavy atom. The molecule has 1 heterocycles. The van der Waals surface area contributed by atoms with Gasteiger partial charge in [0.1, 0.15) is 5.82 Å². The van der Waals surface area contributed by atoms with Gasteiger partial charge >= 0.3 is 0 Å². The van der Waals surface area contributed by atoms with Crippen LogP contribution in [0.2, 0.25) is 0 Å². The van der Waals surface area contributed by atoms with Crippen LogP contribution < -0.4 is 5.73 Å². The van der Waals surface area contributed by atoms with Crippen molar-refractivity contribution in [3.63, 3.8) is 0 Å². The third-order valence-corrected chi connectivity index (χ3v) is 3.95. The molecule has 2 rings (SSSR count). The number of aryl methyl sites for hydroxylation is 1. The monoisotopic (exact) mass is 340 g/mol. The minimum Gasteiger partial charge on any atom is -0.329 e. The summed E-state index contributed by atoms with van der Waals surface area (Å²) in [7, 11) is 3.89. The third-order valence-electron chi connectivity index (χ3n) is 3.27. The van der Waals surface area contributed by atoms with Crippen LogP contribution in [-0.2, 0) is 13.6 Å². The first-order valence-corrected chi connectivity index (χ1v) is 7.13. The third kappa shape index (κ3) is 3.45. The summed E-state index contributed by atoms with van der Waals surface area (Å²) in [6.07, 6.45) is 3.81. The van der Waals surface area contributed by atoms with E-state index in [0.717, 1.165) is 22.1 Å². The van der Waals surface area contributed by atoms with Gasteiger partial charge < -0.3 is 5.73 Å². The second-order valence-electron chi connectivity index (χ2n) is 4.85. The fourth-order valence-electron chi connectivity index (χ4n) is 2.27. The standard InChI is InChI=1S/C14H18BrFN4/c1-19(8-10-7-18-20(2)9-10)14(6-17)12-4-3-11(16)5-13(12)15/h3-5,7,9,14H,6,8,17H2,1-2H3. The predicted molar refractivity (Wildman–Crippen MR) is 80.6 cm³/mol. The van der Waals surface area contributed by atoms with Gasteiger partial charge in [0.2, 0.25) is 0 Å². The van der Waals surface area contributed by atoms with Gasteiger partial charge in [-0.2, -0.15) is 5.10 Å². The fourth-order valence-corrected chi connectivity index (χ4v) is 2.88. The Morgan fingerprint density at radius 1 is 1.50 bits per heavy atom. The number of nitrogens with zero attached hydrogens (tertiary/aromatic N) is 3. The highest BCUT2D eigenvalue weighted by atomic mass is 79.9. The van der Waals surface area contributed by atoms with E-state index in [-0.39, 0.29) is 11.9 Å². The van der Waals surface area contributed by atoms with Crippen LogP contribution in [0, 0.1) is 5.82 Å². The number of nitrogens with two attached hydrogens (primary N) is 1. The van der Waals surface area contributed by atoms with Gasteiger partial charge in [0.15, 0.2) is 0 Å². The number of halogens is 2. The summed E-state index contributed by atoms with van der Waals surface area (Å²) in [6.45, 7) is 1.19. The molecular formula is C14H18BrFN4. The first-order valence-electron chi connectivity index (χ1n) is 6.34. The molecule has 0 aliphatic rings. The lowest BCUT2D eigenvalue weighted by molar-refractivity contribution is 0.241. The first-order chi connectivity index (χ1) is 9.51. The highest BCUT2D eigenvalue weighted by molar-refractivity contribution is 9.10. The van der Waals surface area contributed by atoms with Crippen LogP contribution in [-0.4, -0.2) is 28.3 Å². The molecule has 108 valence electrons. The predicted octanol–water partition coefficient (Wildman–Crippen LogP) is 2.45. The summed E-state index contributed by atoms with van der Waals surface area (Å²) < 4.78 is 15.7. The van der Waals surface area contributed by atoms with Gasteiger partial charge in [-0.15, -0.1) is 0 Å². The Labute approximate surface area is 126 Å². The average molecular weight is 341 g/mol. The highest BCUT2D eigenvalue weighted by Crippen LogP contribution is 2.28. The average Bonchev–Trinajstić information content (AvgIpc) is 2.78. The second kappa shape index (κ2) is 6.47. The SMILES string of the molecule is CN(Cc1cnn(C)c1)C(CN)c1ccc(F)cc1Br. The summed E-state index contributed by atoms with van der Waals surface area (Å²) in [5.74, 6) is -0.258. The lowest BCUT2D eigenvalue weighted by Crippen LogP contribution is -2.30. The summed E-state index contributed by atoms with van der Waals surface area (Å²) in [5, 5.41) is 4.16. The highest BCUT2D eigenvalue weighted by Gasteiger charge is 2.19. The van der Waals surface area contributed by atoms with E-state index in [1.165, 1.54) is 12.1 Å². The fraction of sp³-hybridized carbons (Fsp3) is 0.357. The topological polar surface area (TPSA) is 47.1 Å². The van der Waals surface area contributed by atoms with E-state index < -0.39 is 0 Å². The molecule has 0 amide bonds. The summed E-state index contributed by atoms with van der Waals surface area (Å²) in [5.41, 5.74) is 8.00. The number of aromatic nitrogens is 2. The van der Waals surface area contributed by atoms with Crippen molar-refractivity contribution in [2.45, 2.75) is 12.6 Å². The van der Waals surface area contributed by atoms with Crippen LogP contribution in [0.4, 0.5) is 4.39 Å². The van der Waals surface area contributed by atoms with E-state index in [1.54, 1.807) is 10.7 Å². The molecule has 1 aromatic heterocycles. The molecule has 1 unspecified atom stereocenters. The van der Waals surface area contributed by atoms with Crippen molar-refractivity contribution in [3.05, 3.63) is 52.0 Å². The van der Waals surface area contributed by atoms with E-state index in [1.807, 2.05) is 26.5 Å². The van der Waals surface area contributed by atoms with Gasteiger partial charge in [-0.1, -0.05) is 22.0 Å². The molecular weight excluding hydrogens is 323 g/mol. The van der Waals surface area contributed by atoms with E-state index in [2.05, 4.69) is 25.9 Å². The summed E-state index contributed by atoms with van der Waals surface area (Å²) in [4.78, 5) is 2.13. The van der Waals surface area contributed by atoms with Gasteiger partial charge in [-0.05, 0) is 24.7 Å². The zero-order chi connectivity index (χ0) is 14.7. The molecule has 1 atom stereocenters. The molecule has 0 radical (unpaired) electrons. The molecule has 2 aromatic rings. The Balaban J connectivity index is 2.18. The normalized spacial score (nSPS) is 12.9. The molecule has 0 saturated carbocycles. The Kier molecular flexibility index (Phi) is 4.91. The number of rotatable bonds is 5. The van der Waals surface area contributed by atoms with Crippen LogP contribution >= 0.6 is 15.9 Å². The second-order valence-corrected chi connectivity index (χ2v) is 5.71.